The molecule has 0 amide bonds. The van der Waals surface area contributed by atoms with Gasteiger partial charge in [0.2, 0.25) is 0 Å². The van der Waals surface area contributed by atoms with Crippen molar-refractivity contribution >= 4 is 5.69 Å². The van der Waals surface area contributed by atoms with Crippen molar-refractivity contribution in [2.24, 2.45) is 0 Å². The lowest BCUT2D eigenvalue weighted by atomic mass is 10.0. The van der Waals surface area contributed by atoms with E-state index in [9.17, 15) is 0 Å². The van der Waals surface area contributed by atoms with E-state index in [0.29, 0.717) is 0 Å². The van der Waals surface area contributed by atoms with Crippen LogP contribution in [0, 0.1) is 0 Å². The maximum absolute atomic E-state index is 5.90. The average molecular weight is 277 g/mol. The van der Waals surface area contributed by atoms with Gasteiger partial charge >= 0.3 is 0 Å². The smallest absolute Gasteiger partial charge is 0.0859 e. The van der Waals surface area contributed by atoms with Crippen molar-refractivity contribution in [2.75, 3.05) is 25.4 Å². The van der Waals surface area contributed by atoms with E-state index in [-0.39, 0.29) is 0 Å². The second-order valence-electron chi connectivity index (χ2n) is 6.14. The number of nitrogens with two attached hydrogens (primary N) is 1. The Morgan fingerprint density at radius 2 is 1.70 bits per heavy atom. The minimum absolute atomic E-state index is 0.746. The van der Waals surface area contributed by atoms with E-state index < -0.39 is 0 Å². The summed E-state index contributed by atoms with van der Waals surface area (Å²) >= 11 is 0. The van der Waals surface area contributed by atoms with Crippen LogP contribution in [0.3, 0.4) is 0 Å². The highest BCUT2D eigenvalue weighted by atomic mass is 15.4. The average Bonchev–Trinajstić information content (AvgIpc) is 2.44. The predicted octanol–water partition coefficient (Wildman–Crippen LogP) is 4.25. The van der Waals surface area contributed by atoms with Crippen molar-refractivity contribution in [3.8, 4) is 0 Å². The van der Waals surface area contributed by atoms with Gasteiger partial charge in [-0.25, -0.2) is 0 Å². The van der Waals surface area contributed by atoms with Crippen LogP contribution in [0.4, 0.5) is 5.69 Å². The van der Waals surface area contributed by atoms with Crippen LogP contribution in [0.1, 0.15) is 52.5 Å². The Balaban J connectivity index is 2.82. The van der Waals surface area contributed by atoms with E-state index >= 15 is 0 Å². The third-order valence-corrected chi connectivity index (χ3v) is 4.66. The fourth-order valence-electron chi connectivity index (χ4n) is 3.37. The van der Waals surface area contributed by atoms with E-state index in [1.807, 2.05) is 6.07 Å². The van der Waals surface area contributed by atoms with Crippen LogP contribution in [-0.4, -0.2) is 30.2 Å². The minimum Gasteiger partial charge on any atom is -0.399 e. The lowest BCUT2D eigenvalue weighted by Gasteiger charge is -2.43. The molecule has 1 rings (SSSR count). The molecule has 0 fully saturated rings. The third kappa shape index (κ3) is 4.52. The number of hydrogen-bond donors (Lipinski definition) is 1. The summed E-state index contributed by atoms with van der Waals surface area (Å²) in [5.74, 6) is 0. The summed E-state index contributed by atoms with van der Waals surface area (Å²) in [4.78, 5) is 0. The Labute approximate surface area is 125 Å². The molecule has 0 saturated carbocycles. The van der Waals surface area contributed by atoms with Crippen LogP contribution in [0.2, 0.25) is 0 Å². The predicted molar refractivity (Wildman–Crippen MR) is 89.8 cm³/mol. The van der Waals surface area contributed by atoms with Gasteiger partial charge in [0.15, 0.2) is 0 Å². The van der Waals surface area contributed by atoms with Gasteiger partial charge in [0.25, 0.3) is 0 Å². The highest BCUT2D eigenvalue weighted by molar-refractivity contribution is 5.40. The molecule has 1 atom stereocenters. The first kappa shape index (κ1) is 17.0. The van der Waals surface area contributed by atoms with Crippen LogP contribution in [0.5, 0.6) is 0 Å². The van der Waals surface area contributed by atoms with Crippen LogP contribution in [0.15, 0.2) is 24.3 Å². The fourth-order valence-corrected chi connectivity index (χ4v) is 3.37. The lowest BCUT2D eigenvalue weighted by Crippen LogP contribution is -2.56. The van der Waals surface area contributed by atoms with Gasteiger partial charge in [0.1, 0.15) is 0 Å². The first-order chi connectivity index (χ1) is 9.57. The molecular formula is C18H33N2+. The van der Waals surface area contributed by atoms with Crippen LogP contribution in [-0.2, 0) is 6.42 Å². The van der Waals surface area contributed by atoms with Crippen molar-refractivity contribution in [3.05, 3.63) is 29.8 Å². The Morgan fingerprint density at radius 1 is 1.05 bits per heavy atom. The Hall–Kier alpha value is -1.02. The van der Waals surface area contributed by atoms with Crippen LogP contribution < -0.4 is 5.73 Å². The molecule has 0 aliphatic carbocycles. The summed E-state index contributed by atoms with van der Waals surface area (Å²) in [5, 5.41) is 0. The molecule has 1 aromatic carbocycles. The third-order valence-electron chi connectivity index (χ3n) is 4.66. The van der Waals surface area contributed by atoms with Gasteiger partial charge in [-0.2, -0.15) is 0 Å². The van der Waals surface area contributed by atoms with Crippen molar-refractivity contribution in [1.82, 2.24) is 0 Å². The second-order valence-corrected chi connectivity index (χ2v) is 6.14. The summed E-state index contributed by atoms with van der Waals surface area (Å²) < 4.78 is 1.26. The molecule has 0 radical (unpaired) electrons. The molecule has 20 heavy (non-hydrogen) atoms. The maximum Gasteiger partial charge on any atom is 0.0859 e. The van der Waals surface area contributed by atoms with Gasteiger partial charge in [0.05, 0.1) is 25.7 Å². The zero-order valence-corrected chi connectivity index (χ0v) is 13.9. The Bertz CT molecular complexity index is 381. The minimum atomic E-state index is 0.746. The molecule has 0 bridgehead atoms. The summed E-state index contributed by atoms with van der Waals surface area (Å²) in [7, 11) is 0. The summed E-state index contributed by atoms with van der Waals surface area (Å²) in [5.41, 5.74) is 8.16. The standard InChI is InChI=1S/C18H33N2/c1-5-12-20(13-6-2,16(4)7-3)14-11-17-9-8-10-18(19)15-17/h8-10,15-16H,5-7,11-14,19H2,1-4H3/q+1. The monoisotopic (exact) mass is 277 g/mol. The van der Waals surface area contributed by atoms with Crippen molar-refractivity contribution < 1.29 is 4.48 Å². The van der Waals surface area contributed by atoms with Gasteiger partial charge in [-0.05, 0) is 43.9 Å². The van der Waals surface area contributed by atoms with E-state index in [2.05, 4.69) is 45.9 Å². The number of nitrogens with zero attached hydrogens (tertiary/aromatic N) is 1. The molecule has 1 unspecified atom stereocenters. The molecule has 0 heterocycles. The molecule has 114 valence electrons. The molecule has 0 aromatic heterocycles. The number of benzene rings is 1. The topological polar surface area (TPSA) is 26.0 Å². The molecule has 1 aromatic rings. The fraction of sp³-hybridized carbons (Fsp3) is 0.667. The van der Waals surface area contributed by atoms with Crippen molar-refractivity contribution in [2.45, 2.75) is 59.4 Å². The number of anilines is 1. The van der Waals surface area contributed by atoms with E-state index in [0.717, 1.165) is 18.2 Å². The molecular weight excluding hydrogens is 244 g/mol. The Morgan fingerprint density at radius 3 is 2.20 bits per heavy atom. The highest BCUT2D eigenvalue weighted by Gasteiger charge is 2.30. The molecule has 2 N–H and O–H groups in total. The summed E-state index contributed by atoms with van der Waals surface area (Å²) in [6.45, 7) is 13.2. The first-order valence-corrected chi connectivity index (χ1v) is 8.28. The van der Waals surface area contributed by atoms with Gasteiger partial charge in [-0.1, -0.05) is 32.9 Å². The largest absolute Gasteiger partial charge is 0.399 e. The Kier molecular flexibility index (Phi) is 7.08. The van der Waals surface area contributed by atoms with E-state index in [1.54, 1.807) is 0 Å². The first-order valence-electron chi connectivity index (χ1n) is 8.28. The van der Waals surface area contributed by atoms with E-state index in [4.69, 9.17) is 5.73 Å². The van der Waals surface area contributed by atoms with Gasteiger partial charge in [-0.3, -0.25) is 0 Å². The van der Waals surface area contributed by atoms with Crippen LogP contribution in [0.25, 0.3) is 0 Å². The van der Waals surface area contributed by atoms with Crippen LogP contribution >= 0.6 is 0 Å². The molecule has 2 heteroatoms. The molecule has 0 saturated heterocycles. The van der Waals surface area contributed by atoms with Gasteiger partial charge < -0.3 is 10.2 Å². The van der Waals surface area contributed by atoms with E-state index in [1.165, 1.54) is 48.9 Å². The van der Waals surface area contributed by atoms with Gasteiger partial charge in [-0.15, -0.1) is 0 Å². The van der Waals surface area contributed by atoms with Gasteiger partial charge in [0, 0.05) is 12.1 Å². The number of rotatable bonds is 9. The second kappa shape index (κ2) is 8.31. The molecule has 0 aliphatic heterocycles. The zero-order valence-electron chi connectivity index (χ0n) is 13.9. The quantitative estimate of drug-likeness (QED) is 0.530. The molecule has 2 nitrogen and oxygen atoms in total. The maximum atomic E-state index is 5.90. The SMILES string of the molecule is CCC[N+](CCC)(CCc1cccc(N)c1)C(C)CC. The number of hydrogen-bond acceptors (Lipinski definition) is 1. The van der Waals surface area contributed by atoms with Crippen molar-refractivity contribution in [1.29, 1.82) is 0 Å². The molecule has 0 aliphatic rings. The lowest BCUT2D eigenvalue weighted by molar-refractivity contribution is -0.949. The summed E-state index contributed by atoms with van der Waals surface area (Å²) in [6.07, 6.45) is 4.93. The normalized spacial score (nSPS) is 13.4. The zero-order chi connectivity index (χ0) is 15.0. The molecule has 0 spiro atoms. The van der Waals surface area contributed by atoms with Crippen molar-refractivity contribution in [3.63, 3.8) is 0 Å². The highest BCUT2D eigenvalue weighted by Crippen LogP contribution is 2.21. The number of quaternary nitrogens is 1. The number of nitrogen functional groups attached to an aromatic ring is 1. The summed E-state index contributed by atoms with van der Waals surface area (Å²) in [6, 6.07) is 9.12.